The van der Waals surface area contributed by atoms with Gasteiger partial charge in [0, 0.05) is 29.4 Å². The Labute approximate surface area is 196 Å². The van der Waals surface area contributed by atoms with E-state index in [4.69, 9.17) is 23.2 Å². The molecule has 0 aliphatic rings. The highest BCUT2D eigenvalue weighted by Crippen LogP contribution is 2.31. The second kappa shape index (κ2) is 9.40. The number of anilines is 1. The maximum atomic E-state index is 13.4. The van der Waals surface area contributed by atoms with Crippen molar-refractivity contribution < 1.29 is 34.4 Å². The van der Waals surface area contributed by atoms with Gasteiger partial charge in [0.25, 0.3) is 16.8 Å². The van der Waals surface area contributed by atoms with Crippen LogP contribution in [0.3, 0.4) is 0 Å². The molecule has 33 heavy (non-hydrogen) atoms. The third kappa shape index (κ3) is 5.45. The second-order valence-electron chi connectivity index (χ2n) is 7.38. The zero-order valence-electron chi connectivity index (χ0n) is 17.6. The highest BCUT2D eigenvalue weighted by molar-refractivity contribution is 6.31. The predicted octanol–water partition coefficient (Wildman–Crippen LogP) is 4.33. The number of aryl methyl sites for hydroxylation is 1. The molecule has 0 radical (unpaired) electrons. The summed E-state index contributed by atoms with van der Waals surface area (Å²) in [7, 11) is 0. The number of nitrogens with one attached hydrogen (secondary N) is 2. The quantitative estimate of drug-likeness (QED) is 0.545. The number of aromatic nitrogens is 3. The molecule has 0 fully saturated rings. The van der Waals surface area contributed by atoms with E-state index in [0.29, 0.717) is 11.6 Å². The summed E-state index contributed by atoms with van der Waals surface area (Å²) in [5.74, 6) is -1.56. The first-order valence-electron chi connectivity index (χ1n) is 9.60. The molecule has 0 spiro atoms. The second-order valence-corrected chi connectivity index (χ2v) is 8.25. The maximum absolute atomic E-state index is 13.4. The molecule has 0 aliphatic carbocycles. The van der Waals surface area contributed by atoms with Gasteiger partial charge in [-0.1, -0.05) is 11.6 Å². The summed E-state index contributed by atoms with van der Waals surface area (Å²) in [5, 5.41) is 9.09. The third-order valence-electron chi connectivity index (χ3n) is 4.39. The zero-order chi connectivity index (χ0) is 24.5. The molecule has 2 amide bonds. The molecule has 12 heteroatoms. The minimum atomic E-state index is -4.81. The van der Waals surface area contributed by atoms with Crippen LogP contribution in [0, 0.1) is 18.5 Å². The van der Waals surface area contributed by atoms with Crippen LogP contribution in [0.25, 0.3) is 5.82 Å². The maximum Gasteiger partial charge on any atom is 0.435 e. The fourth-order valence-electron chi connectivity index (χ4n) is 2.99. The average Bonchev–Trinajstić information content (AvgIpc) is 3.15. The van der Waals surface area contributed by atoms with Gasteiger partial charge in [-0.2, -0.15) is 18.3 Å². The van der Waals surface area contributed by atoms with Gasteiger partial charge in [-0.3, -0.25) is 9.59 Å². The van der Waals surface area contributed by atoms with E-state index in [1.807, 2.05) is 0 Å². The molecule has 174 valence electrons. The van der Waals surface area contributed by atoms with Gasteiger partial charge in [0.2, 0.25) is 5.82 Å². The molecule has 0 atom stereocenters. The van der Waals surface area contributed by atoms with Crippen LogP contribution >= 0.6 is 11.6 Å². The van der Waals surface area contributed by atoms with E-state index in [-0.39, 0.29) is 33.2 Å². The number of benzene rings is 1. The first kappa shape index (κ1) is 24.5. The van der Waals surface area contributed by atoms with Crippen molar-refractivity contribution in [2.75, 3.05) is 5.32 Å². The van der Waals surface area contributed by atoms with Crippen LogP contribution in [0.15, 0.2) is 36.5 Å². The molecule has 2 heterocycles. The lowest BCUT2D eigenvalue weighted by Gasteiger charge is -2.16. The summed E-state index contributed by atoms with van der Waals surface area (Å²) in [6.45, 7) is 5.11. The number of carbonyl (C=O) groups excluding carboxylic acids is 2. The van der Waals surface area contributed by atoms with E-state index in [2.05, 4.69) is 20.7 Å². The van der Waals surface area contributed by atoms with Crippen molar-refractivity contribution in [1.29, 1.82) is 0 Å². The molecule has 0 aliphatic heterocycles. The van der Waals surface area contributed by atoms with E-state index in [1.54, 1.807) is 20.8 Å². The van der Waals surface area contributed by atoms with Gasteiger partial charge in [0.15, 0.2) is 17.3 Å². The molecule has 3 aromatic rings. The van der Waals surface area contributed by atoms with Gasteiger partial charge in [-0.25, -0.2) is 9.67 Å². The van der Waals surface area contributed by atoms with Crippen LogP contribution in [0.2, 0.25) is 10.0 Å². The summed E-state index contributed by atoms with van der Waals surface area (Å²) in [6, 6.07) is 6.23. The molecular weight excluding hydrogens is 482 g/mol. The van der Waals surface area contributed by atoms with Crippen LogP contribution in [-0.2, 0) is 6.18 Å². The molecule has 2 aromatic heterocycles. The Hall–Kier alpha value is -3.11. The number of amides is 2. The van der Waals surface area contributed by atoms with Crippen LogP contribution in [0.4, 0.5) is 18.9 Å². The SMILES string of the molecule is Cc1cc(Cl)cc(C(=O)NC(C)C)c1NC(=O)c1cc(C(F)(F)F)nn1-c1ncccc1[ClH+]. The van der Waals surface area contributed by atoms with Crippen molar-refractivity contribution >= 4 is 29.1 Å². The van der Waals surface area contributed by atoms with Crippen molar-refractivity contribution in [3.05, 3.63) is 69.1 Å². The van der Waals surface area contributed by atoms with Gasteiger partial charge in [-0.15, -0.1) is 0 Å². The van der Waals surface area contributed by atoms with Crippen LogP contribution in [0.1, 0.15) is 46.0 Å². The summed E-state index contributed by atoms with van der Waals surface area (Å²) in [5.41, 5.74) is -1.15. The van der Waals surface area contributed by atoms with Crippen LogP contribution in [-0.4, -0.2) is 32.6 Å². The number of carbonyl (C=O) groups is 2. The highest BCUT2D eigenvalue weighted by atomic mass is 35.5. The smallest absolute Gasteiger partial charge is 0.350 e. The number of hydrogen-bond acceptors (Lipinski definition) is 4. The van der Waals surface area contributed by atoms with E-state index < -0.39 is 29.4 Å². The molecule has 3 rings (SSSR count). The number of rotatable bonds is 5. The minimum Gasteiger partial charge on any atom is -0.350 e. The summed E-state index contributed by atoms with van der Waals surface area (Å²) in [6.07, 6.45) is -3.49. The van der Waals surface area contributed by atoms with E-state index in [9.17, 15) is 22.8 Å². The van der Waals surface area contributed by atoms with E-state index in [0.717, 1.165) is 4.68 Å². The largest absolute Gasteiger partial charge is 0.435 e. The number of hydrogen-bond donors (Lipinski definition) is 2. The van der Waals surface area contributed by atoms with Crippen molar-refractivity contribution in [3.63, 3.8) is 0 Å². The Bertz CT molecular complexity index is 1230. The lowest BCUT2D eigenvalue weighted by atomic mass is 10.1. The Balaban J connectivity index is 2.10. The predicted molar refractivity (Wildman–Crippen MR) is 114 cm³/mol. The lowest BCUT2D eigenvalue weighted by Crippen LogP contribution is -2.31. The molecule has 7 nitrogen and oxygen atoms in total. The van der Waals surface area contributed by atoms with E-state index in [1.165, 1.54) is 30.5 Å². The normalized spacial score (nSPS) is 11.5. The minimum absolute atomic E-state index is 0.0611. The van der Waals surface area contributed by atoms with E-state index >= 15 is 0 Å². The first-order valence-corrected chi connectivity index (χ1v) is 10.4. The number of pyridine rings is 1. The monoisotopic (exact) mass is 500 g/mol. The Morgan fingerprint density at radius 2 is 1.88 bits per heavy atom. The molecule has 0 bridgehead atoms. The van der Waals surface area contributed by atoms with Gasteiger partial charge in [-0.05, 0) is 44.5 Å². The lowest BCUT2D eigenvalue weighted by molar-refractivity contribution is -0.289. The average molecular weight is 501 g/mol. The molecule has 0 saturated carbocycles. The van der Waals surface area contributed by atoms with Gasteiger partial charge in [0.05, 0.1) is 11.3 Å². The van der Waals surface area contributed by atoms with Crippen LogP contribution in [0.5, 0.6) is 0 Å². The van der Waals surface area contributed by atoms with Crippen molar-refractivity contribution in [2.45, 2.75) is 33.0 Å². The number of halogens is 5. The van der Waals surface area contributed by atoms with Gasteiger partial charge < -0.3 is 10.6 Å². The zero-order valence-corrected chi connectivity index (χ0v) is 19.2. The van der Waals surface area contributed by atoms with Crippen molar-refractivity contribution in [1.82, 2.24) is 20.1 Å². The topological polar surface area (TPSA) is 88.9 Å². The molecule has 0 unspecified atom stereocenters. The number of alkyl halides is 3. The molecule has 0 saturated heterocycles. The molecule has 2 N–H and O–H groups in total. The summed E-state index contributed by atoms with van der Waals surface area (Å²) < 4.78 is 40.8. The van der Waals surface area contributed by atoms with Gasteiger partial charge >= 0.3 is 6.18 Å². The fraction of sp³-hybridized carbons (Fsp3) is 0.238. The Morgan fingerprint density at radius 3 is 2.48 bits per heavy atom. The van der Waals surface area contributed by atoms with Gasteiger partial charge in [0.1, 0.15) is 5.69 Å². The molecular formula is C21H19Cl2F3N5O2+. The number of nitrogens with zero attached hydrogens (tertiary/aromatic N) is 3. The Kier molecular flexibility index (Phi) is 6.99. The first-order chi connectivity index (χ1) is 15.4. The molecule has 1 aromatic carbocycles. The summed E-state index contributed by atoms with van der Waals surface area (Å²) >= 11 is 11.2. The van der Waals surface area contributed by atoms with Crippen LogP contribution < -0.4 is 10.6 Å². The standard InChI is InChI=1S/C21H18Cl2F3N5O2/c1-10(2)28-19(32)13-8-12(22)7-11(3)17(13)29-20(33)15-9-16(21(24,25)26)30-31(15)18-14(23)5-4-6-27-18/h4-10,23H,1-3H3,(H-,28,29,32,33)/p+1. The third-order valence-corrected chi connectivity index (χ3v) is 4.92. The van der Waals surface area contributed by atoms with Crippen molar-refractivity contribution in [3.8, 4) is 5.82 Å². The summed E-state index contributed by atoms with van der Waals surface area (Å²) in [4.78, 5) is 29.8. The van der Waals surface area contributed by atoms with Crippen molar-refractivity contribution in [2.24, 2.45) is 0 Å². The fourth-order valence-corrected chi connectivity index (χ4v) is 3.48. The highest BCUT2D eigenvalue weighted by Gasteiger charge is 2.37. The Morgan fingerprint density at radius 1 is 1.18 bits per heavy atom.